The Bertz CT molecular complexity index is 2700. The molecule has 0 unspecified atom stereocenters. The molecule has 0 N–H and O–H groups in total. The van der Waals surface area contributed by atoms with E-state index in [0.717, 1.165) is 43.2 Å². The third-order valence-electron chi connectivity index (χ3n) is 7.45. The van der Waals surface area contributed by atoms with Crippen LogP contribution in [0.5, 0.6) is 0 Å². The van der Waals surface area contributed by atoms with Gasteiger partial charge in [-0.2, -0.15) is 40.5 Å². The van der Waals surface area contributed by atoms with Crippen LogP contribution in [-0.4, -0.2) is 120 Å². The standard InChI is InChI=1S/C5H6.2C4H5N.C4H4O2S.C4H4OS.C4H4O.C4H4S.2C3H4N2.2C3H3NO.2C3H3NS.3C2H2N2O.2C2H2N2S/c3*1-2-4-5-3-1;5-7(6)3-1-2-4-7;5-6-3-1-2-4-6;4*1-2-4-5-3-1;1-2-5-3-4-1;1-2-4-5-3-1;1-2-5-3-4-1;1-2-4-5-3-1;1-3-4-2-5-1;1-3-2-5-4-1;1-2-4-5-3-1;1-3-4-2-5-1;1-2-4-5-3-1/h1-4H,5H2;1,3-4H,2H2;1-3H,4H2;1-4H;1-4H;2*1-4H;2-3H,1H2;1-2H,3H2;4*1-3H;5*1-2H. The number of nitrogens with zero attached hydrogens (tertiary/aromatic N) is 20. The summed E-state index contributed by atoms with van der Waals surface area (Å²) in [6.07, 6.45) is 62.3. The number of sulfone groups is 1. The van der Waals surface area contributed by atoms with Gasteiger partial charge in [-0.1, -0.05) is 81.4 Å². The van der Waals surface area contributed by atoms with Crippen molar-refractivity contribution in [2.24, 2.45) is 30.4 Å². The van der Waals surface area contributed by atoms with Crippen molar-refractivity contribution >= 4 is 103 Å². The van der Waals surface area contributed by atoms with Crippen molar-refractivity contribution in [1.29, 1.82) is 0 Å². The molecule has 0 radical (unpaired) electrons. The minimum Gasteiger partial charge on any atom is -0.473 e. The first-order chi connectivity index (χ1) is 46.1. The first kappa shape index (κ1) is 80.3. The van der Waals surface area contributed by atoms with Crippen LogP contribution in [0.2, 0.25) is 0 Å². The molecule has 0 saturated heterocycles. The third-order valence-corrected chi connectivity index (χ3v) is 11.9. The van der Waals surface area contributed by atoms with Gasteiger partial charge in [-0.25, -0.2) is 27.4 Å². The van der Waals surface area contributed by atoms with Crippen LogP contribution in [0, 0.1) is 0 Å². The fraction of sp³-hybridized carbons (Fsp3) is 0.0877. The summed E-state index contributed by atoms with van der Waals surface area (Å²) in [5.74, 6) is 0. The number of thiophene rings is 1. The van der Waals surface area contributed by atoms with Crippen molar-refractivity contribution in [3.05, 3.63) is 288 Å². The lowest BCUT2D eigenvalue weighted by Crippen LogP contribution is -1.80. The molecule has 29 nitrogen and oxygen atoms in total. The van der Waals surface area contributed by atoms with Crippen molar-refractivity contribution in [3.8, 4) is 0 Å². The molecule has 486 valence electrons. The zero-order valence-electron chi connectivity index (χ0n) is 49.0. The lowest BCUT2D eigenvalue weighted by Gasteiger charge is -1.73. The van der Waals surface area contributed by atoms with Crippen molar-refractivity contribution in [1.82, 2.24) is 69.1 Å². The largest absolute Gasteiger partial charge is 0.473 e. The van der Waals surface area contributed by atoms with E-state index < -0.39 is 20.6 Å². The second kappa shape index (κ2) is 70.3. The molecule has 0 spiro atoms. The number of azo groups is 1. The topological polar surface area (TPSA) is 385 Å². The Balaban J connectivity index is 0.000000493. The maximum atomic E-state index is 10.3. The zero-order valence-corrected chi connectivity index (χ0v) is 54.7. The molecule has 0 saturated carbocycles. The molecule has 0 amide bonds. The van der Waals surface area contributed by atoms with Crippen molar-refractivity contribution in [2.45, 2.75) is 19.3 Å². The Hall–Kier alpha value is -10.8. The van der Waals surface area contributed by atoms with Crippen LogP contribution in [0.25, 0.3) is 0 Å². The Morgan fingerprint density at radius 3 is 1.41 bits per heavy atom. The van der Waals surface area contributed by atoms with Crippen LogP contribution in [-0.2, 0) is 20.6 Å². The van der Waals surface area contributed by atoms with E-state index in [0.29, 0.717) is 0 Å². The van der Waals surface area contributed by atoms with Gasteiger partial charge in [0, 0.05) is 94.9 Å². The maximum absolute atomic E-state index is 10.3. The van der Waals surface area contributed by atoms with Gasteiger partial charge in [0.15, 0.2) is 22.6 Å². The normalized spacial score (nSPS) is 12.5. The van der Waals surface area contributed by atoms with E-state index in [9.17, 15) is 12.6 Å². The summed E-state index contributed by atoms with van der Waals surface area (Å²) in [4.78, 5) is 18.4. The molecule has 36 heteroatoms. The van der Waals surface area contributed by atoms with Crippen LogP contribution in [0.3, 0.4) is 0 Å². The van der Waals surface area contributed by atoms with Crippen LogP contribution < -0.4 is 0 Å². The molecule has 0 aromatic carbocycles. The number of oxazole rings is 1. The molecule has 18 rings (SSSR count). The summed E-state index contributed by atoms with van der Waals surface area (Å²) >= 11 is 7.48. The number of thiazole rings is 1. The van der Waals surface area contributed by atoms with E-state index in [2.05, 4.69) is 151 Å². The Kier molecular flexibility index (Phi) is 60.7. The van der Waals surface area contributed by atoms with Crippen molar-refractivity contribution in [2.75, 3.05) is 13.1 Å². The molecule has 11 aromatic rings. The molecule has 0 atom stereocenters. The van der Waals surface area contributed by atoms with Gasteiger partial charge in [-0.3, -0.25) is 19.2 Å². The van der Waals surface area contributed by atoms with E-state index in [1.54, 1.807) is 149 Å². The van der Waals surface area contributed by atoms with Gasteiger partial charge in [-0.15, -0.1) is 43.1 Å². The van der Waals surface area contributed by atoms with Gasteiger partial charge in [0.1, 0.15) is 23.5 Å². The van der Waals surface area contributed by atoms with Crippen LogP contribution in [0.15, 0.2) is 345 Å². The molecule has 0 fully saturated rings. The van der Waals surface area contributed by atoms with E-state index in [-0.39, 0.29) is 0 Å². The lowest BCUT2D eigenvalue weighted by molar-refractivity contribution is 0.307. The fourth-order valence-electron chi connectivity index (χ4n) is 3.96. The second-order valence-electron chi connectivity index (χ2n) is 14.1. The SMILES string of the molecule is C1=CCC=C1.C1=CCN=C1.C1=CN=CC1.C1=CN=NC1.C1=NN=CC1.O=S1(=O)C=CC=C1.O=S1C=CC=C1.c1ccoc1.c1ccsc1.c1cnoc1.c1cnon1.c1cnsc1.c1cnsn1.c1cocn1.c1cscn1.c1ncon1.c1nnco1.c1nncs1. The van der Waals surface area contributed by atoms with Crippen LogP contribution in [0.4, 0.5) is 0 Å². The predicted molar refractivity (Wildman–Crippen MR) is 365 cm³/mol. The van der Waals surface area contributed by atoms with Gasteiger partial charge < -0.3 is 22.3 Å². The van der Waals surface area contributed by atoms with Crippen molar-refractivity contribution < 1.29 is 39.6 Å². The predicted octanol–water partition coefficient (Wildman–Crippen LogP) is 13.7. The van der Waals surface area contributed by atoms with E-state index in [1.165, 1.54) is 104 Å². The second-order valence-corrected chi connectivity index (χ2v) is 20.6. The average Bonchev–Trinajstić information content (AvgIpc) is 4.67. The molecule has 1 aliphatic carbocycles. The number of hydrogen-bond donors (Lipinski definition) is 0. The van der Waals surface area contributed by atoms with Gasteiger partial charge in [-0.05, 0) is 77.3 Å². The highest BCUT2D eigenvalue weighted by Crippen LogP contribution is 2.01. The highest BCUT2D eigenvalue weighted by molar-refractivity contribution is 7.97. The highest BCUT2D eigenvalue weighted by Gasteiger charge is 2.00. The molecular weight excluding hydrogens is 1330 g/mol. The first-order valence-electron chi connectivity index (χ1n) is 25.9. The van der Waals surface area contributed by atoms with Crippen molar-refractivity contribution in [3.63, 3.8) is 0 Å². The number of hydrogen-bond acceptors (Lipinski definition) is 34. The summed E-state index contributed by atoms with van der Waals surface area (Å²) in [6, 6.07) is 11.3. The Morgan fingerprint density at radius 2 is 1.22 bits per heavy atom. The maximum Gasteiger partial charge on any atom is 0.213 e. The highest BCUT2D eigenvalue weighted by atomic mass is 32.2. The molecular formula is C57H62N20O9S7. The summed E-state index contributed by atoms with van der Waals surface area (Å²) < 4.78 is 67.8. The summed E-state index contributed by atoms with van der Waals surface area (Å²) in [6.45, 7) is 1.67. The van der Waals surface area contributed by atoms with Gasteiger partial charge in [0.2, 0.25) is 19.2 Å². The zero-order chi connectivity index (χ0) is 66.3. The molecule has 0 bridgehead atoms. The van der Waals surface area contributed by atoms with Gasteiger partial charge in [0.25, 0.3) is 0 Å². The number of furan rings is 1. The van der Waals surface area contributed by atoms with Crippen LogP contribution >= 0.6 is 57.3 Å². The monoisotopic (exact) mass is 1390 g/mol. The third kappa shape index (κ3) is 70.2. The molecule has 7 aliphatic rings. The average molecular weight is 1400 g/mol. The number of aliphatic imine (C=N–C) groups is 2. The van der Waals surface area contributed by atoms with E-state index >= 15 is 0 Å². The minimum absolute atomic E-state index is 0.778. The smallest absolute Gasteiger partial charge is 0.213 e. The van der Waals surface area contributed by atoms with Gasteiger partial charge in [0.05, 0.1) is 90.8 Å². The molecule has 11 aromatic heterocycles. The van der Waals surface area contributed by atoms with E-state index in [4.69, 9.17) is 0 Å². The summed E-state index contributed by atoms with van der Waals surface area (Å²) in [5, 5.41) is 54.4. The molecule has 17 heterocycles. The quantitative estimate of drug-likeness (QED) is 0.136. The fourth-order valence-corrected chi connectivity index (χ4v) is 6.95. The number of allylic oxidation sites excluding steroid dienone is 10. The lowest BCUT2D eigenvalue weighted by atomic mass is 10.5. The van der Waals surface area contributed by atoms with Gasteiger partial charge >= 0.3 is 0 Å². The summed E-state index contributed by atoms with van der Waals surface area (Å²) in [7, 11) is -3.69. The van der Waals surface area contributed by atoms with E-state index in [1.807, 2.05) is 82.4 Å². The van der Waals surface area contributed by atoms with Crippen LogP contribution in [0.1, 0.15) is 19.3 Å². The number of rotatable bonds is 0. The number of aromatic nitrogens is 14. The Morgan fingerprint density at radius 1 is 0.462 bits per heavy atom. The molecule has 93 heavy (non-hydrogen) atoms. The first-order valence-corrected chi connectivity index (χ1v) is 33.2. The minimum atomic E-state index is -2.91. The Labute approximate surface area is 558 Å². The summed E-state index contributed by atoms with van der Waals surface area (Å²) in [5.41, 5.74) is 5.15. The molecule has 6 aliphatic heterocycles.